The van der Waals surface area contributed by atoms with Crippen molar-refractivity contribution < 1.29 is 19.1 Å². The van der Waals surface area contributed by atoms with Crippen LogP contribution in [-0.4, -0.2) is 75.0 Å². The van der Waals surface area contributed by atoms with Crippen molar-refractivity contribution in [3.63, 3.8) is 0 Å². The zero-order valence-corrected chi connectivity index (χ0v) is 17.7. The molecule has 1 unspecified atom stereocenters. The topological polar surface area (TPSA) is 91.0 Å². The van der Waals surface area contributed by atoms with Gasteiger partial charge in [0.2, 0.25) is 11.8 Å². The van der Waals surface area contributed by atoms with Gasteiger partial charge in [-0.05, 0) is 44.2 Å². The summed E-state index contributed by atoms with van der Waals surface area (Å²) in [5, 5.41) is 5.58. The molecule has 1 aliphatic heterocycles. The molecule has 2 N–H and O–H groups in total. The summed E-state index contributed by atoms with van der Waals surface area (Å²) in [4.78, 5) is 39.9. The molecule has 1 aromatic carbocycles. The van der Waals surface area contributed by atoms with Gasteiger partial charge in [-0.15, -0.1) is 0 Å². The summed E-state index contributed by atoms with van der Waals surface area (Å²) < 4.78 is 5.36. The summed E-state index contributed by atoms with van der Waals surface area (Å²) in [6, 6.07) is 7.19. The maximum absolute atomic E-state index is 12.3. The SMILES string of the molecule is CC(=O)C(NC(=O)CN(C)CC(=O)Nc1ccc(N2CCOCC2)cc1)C(C)C. The van der Waals surface area contributed by atoms with E-state index in [0.717, 1.165) is 32.0 Å². The van der Waals surface area contributed by atoms with Crippen LogP contribution < -0.4 is 15.5 Å². The summed E-state index contributed by atoms with van der Waals surface area (Å²) in [6.45, 7) is 8.52. The molecule has 0 aliphatic carbocycles. The van der Waals surface area contributed by atoms with Gasteiger partial charge in [-0.25, -0.2) is 0 Å². The van der Waals surface area contributed by atoms with Gasteiger partial charge in [0.25, 0.3) is 0 Å². The molecular formula is C21H32N4O4. The highest BCUT2D eigenvalue weighted by atomic mass is 16.5. The number of amides is 2. The quantitative estimate of drug-likeness (QED) is 0.641. The molecule has 1 atom stereocenters. The van der Waals surface area contributed by atoms with Gasteiger partial charge in [0.1, 0.15) is 0 Å². The third-order valence-electron chi connectivity index (χ3n) is 4.78. The van der Waals surface area contributed by atoms with E-state index in [1.54, 1.807) is 11.9 Å². The van der Waals surface area contributed by atoms with Crippen LogP contribution in [0.15, 0.2) is 24.3 Å². The number of ether oxygens (including phenoxy) is 1. The number of carbonyl (C=O) groups is 3. The van der Waals surface area contributed by atoms with Crippen LogP contribution in [0.4, 0.5) is 11.4 Å². The number of benzene rings is 1. The molecule has 0 aromatic heterocycles. The Bertz CT molecular complexity index is 699. The lowest BCUT2D eigenvalue weighted by molar-refractivity contribution is -0.128. The lowest BCUT2D eigenvalue weighted by atomic mass is 10.0. The average Bonchev–Trinajstić information content (AvgIpc) is 2.66. The van der Waals surface area contributed by atoms with Crippen LogP contribution in [0.5, 0.6) is 0 Å². The number of nitrogens with one attached hydrogen (secondary N) is 2. The Balaban J connectivity index is 1.79. The molecular weight excluding hydrogens is 372 g/mol. The molecule has 8 heteroatoms. The third-order valence-corrected chi connectivity index (χ3v) is 4.78. The lowest BCUT2D eigenvalue weighted by Crippen LogP contribution is -2.47. The van der Waals surface area contributed by atoms with Gasteiger partial charge >= 0.3 is 0 Å². The zero-order chi connectivity index (χ0) is 21.4. The average molecular weight is 405 g/mol. The van der Waals surface area contributed by atoms with Crippen LogP contribution in [0.1, 0.15) is 20.8 Å². The first-order valence-corrected chi connectivity index (χ1v) is 9.97. The molecule has 1 aromatic rings. The molecule has 0 saturated carbocycles. The second-order valence-corrected chi connectivity index (χ2v) is 7.77. The van der Waals surface area contributed by atoms with E-state index in [0.29, 0.717) is 5.69 Å². The van der Waals surface area contributed by atoms with Gasteiger partial charge in [0.15, 0.2) is 5.78 Å². The first kappa shape index (κ1) is 22.8. The number of ketones is 1. The first-order valence-electron chi connectivity index (χ1n) is 9.97. The minimum absolute atomic E-state index is 0.0190. The molecule has 2 amide bonds. The molecule has 1 aliphatic rings. The minimum atomic E-state index is -0.505. The number of morpholine rings is 1. The smallest absolute Gasteiger partial charge is 0.238 e. The largest absolute Gasteiger partial charge is 0.378 e. The van der Waals surface area contributed by atoms with Crippen molar-refractivity contribution in [1.82, 2.24) is 10.2 Å². The Morgan fingerprint density at radius 2 is 1.66 bits per heavy atom. The van der Waals surface area contributed by atoms with Crippen LogP contribution in [0, 0.1) is 5.92 Å². The highest BCUT2D eigenvalue weighted by Crippen LogP contribution is 2.19. The number of hydrogen-bond donors (Lipinski definition) is 2. The molecule has 1 saturated heterocycles. The molecule has 160 valence electrons. The van der Waals surface area contributed by atoms with Crippen molar-refractivity contribution in [3.05, 3.63) is 24.3 Å². The van der Waals surface area contributed by atoms with Gasteiger partial charge in [-0.1, -0.05) is 13.8 Å². The summed E-state index contributed by atoms with van der Waals surface area (Å²) in [6.07, 6.45) is 0. The maximum Gasteiger partial charge on any atom is 0.238 e. The maximum atomic E-state index is 12.3. The van der Waals surface area contributed by atoms with E-state index < -0.39 is 6.04 Å². The van der Waals surface area contributed by atoms with Crippen LogP contribution in [0.3, 0.4) is 0 Å². The molecule has 1 fully saturated rings. The zero-order valence-electron chi connectivity index (χ0n) is 17.7. The van der Waals surface area contributed by atoms with E-state index in [-0.39, 0.29) is 36.6 Å². The number of anilines is 2. The van der Waals surface area contributed by atoms with Crippen LogP contribution >= 0.6 is 0 Å². The van der Waals surface area contributed by atoms with E-state index in [1.807, 2.05) is 38.1 Å². The molecule has 0 bridgehead atoms. The molecule has 0 radical (unpaired) electrons. The number of likely N-dealkylation sites (N-methyl/N-ethyl adjacent to an activating group) is 1. The Morgan fingerprint density at radius 1 is 1.07 bits per heavy atom. The third kappa shape index (κ3) is 7.47. The van der Waals surface area contributed by atoms with Gasteiger partial charge in [0.05, 0.1) is 32.3 Å². The van der Waals surface area contributed by atoms with Crippen molar-refractivity contribution in [2.75, 3.05) is 56.7 Å². The van der Waals surface area contributed by atoms with Crippen LogP contribution in [0.2, 0.25) is 0 Å². The van der Waals surface area contributed by atoms with E-state index >= 15 is 0 Å². The normalized spacial score (nSPS) is 15.3. The van der Waals surface area contributed by atoms with E-state index in [1.165, 1.54) is 6.92 Å². The fraction of sp³-hybridized carbons (Fsp3) is 0.571. The van der Waals surface area contributed by atoms with Gasteiger partial charge in [0, 0.05) is 24.5 Å². The van der Waals surface area contributed by atoms with Crippen molar-refractivity contribution in [3.8, 4) is 0 Å². The summed E-state index contributed by atoms with van der Waals surface area (Å²) >= 11 is 0. The second kappa shape index (κ2) is 10.9. The van der Waals surface area contributed by atoms with Crippen molar-refractivity contribution in [2.24, 2.45) is 5.92 Å². The van der Waals surface area contributed by atoms with Crippen LogP contribution in [-0.2, 0) is 19.1 Å². The molecule has 2 rings (SSSR count). The first-order chi connectivity index (χ1) is 13.8. The van der Waals surface area contributed by atoms with Gasteiger partial charge < -0.3 is 20.3 Å². The number of carbonyl (C=O) groups excluding carboxylic acids is 3. The van der Waals surface area contributed by atoms with Crippen molar-refractivity contribution >= 4 is 29.0 Å². The van der Waals surface area contributed by atoms with Crippen LogP contribution in [0.25, 0.3) is 0 Å². The Morgan fingerprint density at radius 3 is 2.21 bits per heavy atom. The van der Waals surface area contributed by atoms with E-state index in [4.69, 9.17) is 4.74 Å². The Hall–Kier alpha value is -2.45. The summed E-state index contributed by atoms with van der Waals surface area (Å²) in [5.41, 5.74) is 1.81. The predicted molar refractivity (Wildman–Crippen MR) is 113 cm³/mol. The number of nitrogens with zero attached hydrogens (tertiary/aromatic N) is 2. The second-order valence-electron chi connectivity index (χ2n) is 7.77. The fourth-order valence-corrected chi connectivity index (χ4v) is 3.28. The standard InChI is InChI=1S/C21H32N4O4/c1-15(2)21(16(3)26)23-20(28)14-24(4)13-19(27)22-17-5-7-18(8-6-17)25-9-11-29-12-10-25/h5-8,15,21H,9-14H2,1-4H3,(H,22,27)(H,23,28). The number of Topliss-reactive ketones (excluding diaryl/α,β-unsaturated/α-hetero) is 1. The van der Waals surface area contributed by atoms with Gasteiger partial charge in [-0.3, -0.25) is 19.3 Å². The number of rotatable bonds is 9. The molecule has 29 heavy (non-hydrogen) atoms. The monoisotopic (exact) mass is 404 g/mol. The highest BCUT2D eigenvalue weighted by molar-refractivity contribution is 5.93. The summed E-state index contributed by atoms with van der Waals surface area (Å²) in [5.74, 6) is -0.532. The molecule has 1 heterocycles. The Kier molecular flexibility index (Phi) is 8.60. The lowest BCUT2D eigenvalue weighted by Gasteiger charge is -2.28. The molecule has 0 spiro atoms. The minimum Gasteiger partial charge on any atom is -0.378 e. The van der Waals surface area contributed by atoms with Crippen molar-refractivity contribution in [1.29, 1.82) is 0 Å². The fourth-order valence-electron chi connectivity index (χ4n) is 3.28. The summed E-state index contributed by atoms with van der Waals surface area (Å²) in [7, 11) is 1.69. The molecule has 8 nitrogen and oxygen atoms in total. The van der Waals surface area contributed by atoms with E-state index in [2.05, 4.69) is 15.5 Å². The Labute approximate surface area is 172 Å². The van der Waals surface area contributed by atoms with E-state index in [9.17, 15) is 14.4 Å². The van der Waals surface area contributed by atoms with Crippen molar-refractivity contribution in [2.45, 2.75) is 26.8 Å². The highest BCUT2D eigenvalue weighted by Gasteiger charge is 2.21. The number of hydrogen-bond acceptors (Lipinski definition) is 6. The predicted octanol–water partition coefficient (Wildman–Crippen LogP) is 1.12. The van der Waals surface area contributed by atoms with Gasteiger partial charge in [-0.2, -0.15) is 0 Å².